The van der Waals surface area contributed by atoms with Gasteiger partial charge in [0, 0.05) is 5.56 Å². The molecule has 6 heteroatoms. The lowest BCUT2D eigenvalue weighted by molar-refractivity contribution is -0.385. The number of halogens is 1. The molecule has 0 saturated carbocycles. The zero-order valence-electron chi connectivity index (χ0n) is 6.69. The van der Waals surface area contributed by atoms with Crippen LogP contribution in [0.25, 0.3) is 4.98 Å². The van der Waals surface area contributed by atoms with Gasteiger partial charge in [0.15, 0.2) is 4.98 Å². The van der Waals surface area contributed by atoms with E-state index in [2.05, 4.69) is 20.9 Å². The van der Waals surface area contributed by atoms with E-state index >= 15 is 0 Å². The molecule has 13 heavy (non-hydrogen) atoms. The van der Waals surface area contributed by atoms with Gasteiger partial charge < -0.3 is 0 Å². The molecule has 0 saturated heterocycles. The Morgan fingerprint density at radius 2 is 2.23 bits per heavy atom. The summed E-state index contributed by atoms with van der Waals surface area (Å²) >= 11 is 3.11. The summed E-state index contributed by atoms with van der Waals surface area (Å²) < 4.78 is 0.526. The molecule has 1 rings (SSSR count). The Hall–Kier alpha value is -1.48. The molecule has 5 nitrogen and oxygen atoms in total. The van der Waals surface area contributed by atoms with Crippen molar-refractivity contribution < 1.29 is 4.92 Å². The van der Waals surface area contributed by atoms with E-state index in [1.165, 1.54) is 12.1 Å². The van der Waals surface area contributed by atoms with Crippen LogP contribution in [0.4, 0.5) is 11.4 Å². The topological polar surface area (TPSA) is 71.3 Å². The van der Waals surface area contributed by atoms with Crippen molar-refractivity contribution in [3.05, 3.63) is 37.3 Å². The van der Waals surface area contributed by atoms with Crippen LogP contribution in [0.15, 0.2) is 16.6 Å². The second-order valence-corrected chi connectivity index (χ2v) is 3.30. The highest BCUT2D eigenvalue weighted by Crippen LogP contribution is 2.32. The summed E-state index contributed by atoms with van der Waals surface area (Å²) in [7, 11) is 0. The van der Waals surface area contributed by atoms with Gasteiger partial charge in [-0.1, -0.05) is 0 Å². The fourth-order valence-electron chi connectivity index (χ4n) is 0.924. The first-order valence-corrected chi connectivity index (χ1v) is 4.15. The lowest BCUT2D eigenvalue weighted by Crippen LogP contribution is -1.90. The first kappa shape index (κ1) is 9.61. The Balaban J connectivity index is 3.41. The smallest absolute Gasteiger partial charge is 0.258 e. The van der Waals surface area contributed by atoms with Gasteiger partial charge in [-0.05, 0) is 28.9 Å². The van der Waals surface area contributed by atoms with E-state index < -0.39 is 4.92 Å². The number of diazo groups is 1. The minimum atomic E-state index is -0.517. The van der Waals surface area contributed by atoms with Gasteiger partial charge in [0.05, 0.1) is 4.92 Å². The number of benzene rings is 1. The molecule has 0 N–H and O–H groups in total. The van der Waals surface area contributed by atoms with Gasteiger partial charge >= 0.3 is 5.69 Å². The van der Waals surface area contributed by atoms with Crippen molar-refractivity contribution in [1.82, 2.24) is 0 Å². The predicted molar refractivity (Wildman–Crippen MR) is 50.3 cm³/mol. The van der Waals surface area contributed by atoms with Crippen LogP contribution < -0.4 is 0 Å². The maximum atomic E-state index is 10.5. The summed E-state index contributed by atoms with van der Waals surface area (Å²) in [6.07, 6.45) is 0. The van der Waals surface area contributed by atoms with Crippen molar-refractivity contribution in [2.24, 2.45) is 0 Å². The quantitative estimate of drug-likeness (QED) is 0.432. The van der Waals surface area contributed by atoms with E-state index in [0.29, 0.717) is 10.0 Å². The third-order valence-electron chi connectivity index (χ3n) is 1.57. The highest BCUT2D eigenvalue weighted by Gasteiger charge is 2.20. The molecule has 0 aromatic heterocycles. The fraction of sp³-hybridized carbons (Fsp3) is 0.143. The van der Waals surface area contributed by atoms with Crippen LogP contribution in [-0.2, 0) is 0 Å². The van der Waals surface area contributed by atoms with E-state index in [4.69, 9.17) is 5.39 Å². The van der Waals surface area contributed by atoms with Crippen LogP contribution in [0.1, 0.15) is 5.56 Å². The number of nitro groups is 1. The molecule has 0 unspecified atom stereocenters. The number of hydrogen-bond acceptors (Lipinski definition) is 3. The van der Waals surface area contributed by atoms with Crippen LogP contribution >= 0.6 is 15.9 Å². The monoisotopic (exact) mass is 242 g/mol. The second-order valence-electron chi connectivity index (χ2n) is 2.45. The Morgan fingerprint density at radius 3 is 2.69 bits per heavy atom. The number of nitrogens with zero attached hydrogens (tertiary/aromatic N) is 3. The lowest BCUT2D eigenvalue weighted by atomic mass is 10.2. The van der Waals surface area contributed by atoms with Gasteiger partial charge in [-0.3, -0.25) is 10.1 Å². The molecule has 0 aliphatic carbocycles. The molecule has 0 bridgehead atoms. The normalized spacial score (nSPS) is 9.31. The van der Waals surface area contributed by atoms with Crippen molar-refractivity contribution in [3.8, 4) is 0 Å². The predicted octanol–water partition coefficient (Wildman–Crippen LogP) is 3.15. The van der Waals surface area contributed by atoms with Crippen LogP contribution in [0.3, 0.4) is 0 Å². The average Bonchev–Trinajstić information content (AvgIpc) is 2.03. The molecule has 0 aliphatic rings. The Bertz CT molecular complexity index is 411. The van der Waals surface area contributed by atoms with Gasteiger partial charge in [0.25, 0.3) is 5.69 Å². The third-order valence-corrected chi connectivity index (χ3v) is 2.20. The minimum Gasteiger partial charge on any atom is -0.258 e. The van der Waals surface area contributed by atoms with E-state index in [9.17, 15) is 10.1 Å². The maximum absolute atomic E-state index is 10.5. The summed E-state index contributed by atoms with van der Waals surface area (Å²) in [5, 5.41) is 19.0. The summed E-state index contributed by atoms with van der Waals surface area (Å²) in [6.45, 7) is 1.62. The molecule has 0 radical (unpaired) electrons. The van der Waals surface area contributed by atoms with E-state index in [1.54, 1.807) is 6.92 Å². The zero-order valence-corrected chi connectivity index (χ0v) is 8.28. The van der Waals surface area contributed by atoms with Crippen molar-refractivity contribution >= 4 is 27.3 Å². The van der Waals surface area contributed by atoms with Gasteiger partial charge in [-0.15, -0.1) is 0 Å². The fourth-order valence-corrected chi connectivity index (χ4v) is 1.46. The van der Waals surface area contributed by atoms with Crippen LogP contribution in [0.2, 0.25) is 0 Å². The summed E-state index contributed by atoms with van der Waals surface area (Å²) in [5.41, 5.74) is 0.609. The maximum Gasteiger partial charge on any atom is 0.405 e. The van der Waals surface area contributed by atoms with Crippen molar-refractivity contribution in [3.63, 3.8) is 0 Å². The van der Waals surface area contributed by atoms with Gasteiger partial charge in [-0.25, -0.2) is 0 Å². The summed E-state index contributed by atoms with van der Waals surface area (Å²) in [5.74, 6) is 0. The second kappa shape index (κ2) is 3.49. The molecule has 0 amide bonds. The van der Waals surface area contributed by atoms with E-state index in [-0.39, 0.29) is 11.4 Å². The molecule has 66 valence electrons. The number of nitro benzene ring substituents is 1. The van der Waals surface area contributed by atoms with Crippen molar-refractivity contribution in [1.29, 1.82) is 5.39 Å². The molecule has 1 aromatic rings. The van der Waals surface area contributed by atoms with Gasteiger partial charge in [0.1, 0.15) is 10.5 Å². The number of hydrogen-bond donors (Lipinski definition) is 0. The molecule has 0 atom stereocenters. The third kappa shape index (κ3) is 1.81. The van der Waals surface area contributed by atoms with Crippen molar-refractivity contribution in [2.75, 3.05) is 0 Å². The Morgan fingerprint density at radius 1 is 1.62 bits per heavy atom. The van der Waals surface area contributed by atoms with E-state index in [1.807, 2.05) is 0 Å². The molecule has 1 aromatic carbocycles. The summed E-state index contributed by atoms with van der Waals surface area (Å²) in [6, 6.07) is 2.74. The lowest BCUT2D eigenvalue weighted by Gasteiger charge is -1.94. The van der Waals surface area contributed by atoms with Crippen molar-refractivity contribution in [2.45, 2.75) is 6.92 Å². The van der Waals surface area contributed by atoms with E-state index in [0.717, 1.165) is 0 Å². The minimum absolute atomic E-state index is 0.0593. The van der Waals surface area contributed by atoms with Gasteiger partial charge in [0.2, 0.25) is 5.39 Å². The molecular weight excluding hydrogens is 238 g/mol. The van der Waals surface area contributed by atoms with Crippen LogP contribution in [0.5, 0.6) is 0 Å². The standard InChI is InChI=1S/C7H5BrN3O2/c1-4-2-5(8)6(10-9)3-7(4)11(12)13/h2-3H,1H3/q+1. The van der Waals surface area contributed by atoms with Gasteiger partial charge in [-0.2, -0.15) is 0 Å². The van der Waals surface area contributed by atoms with Crippen LogP contribution in [0, 0.1) is 22.4 Å². The highest BCUT2D eigenvalue weighted by molar-refractivity contribution is 9.10. The Kier molecular flexibility index (Phi) is 2.58. The average molecular weight is 243 g/mol. The molecule has 0 heterocycles. The number of rotatable bonds is 1. The van der Waals surface area contributed by atoms with Crippen LogP contribution in [-0.4, -0.2) is 4.92 Å². The first-order valence-electron chi connectivity index (χ1n) is 3.36. The molecule has 0 spiro atoms. The number of aryl methyl sites for hydroxylation is 1. The molecule has 0 fully saturated rings. The zero-order chi connectivity index (χ0) is 10.0. The SMILES string of the molecule is Cc1cc(Br)c([N+]#N)cc1[N+](=O)[O-]. The molecule has 0 aliphatic heterocycles. The highest BCUT2D eigenvalue weighted by atomic mass is 79.9. The first-order chi connectivity index (χ1) is 6.06. The Labute approximate surface area is 82.3 Å². The summed E-state index contributed by atoms with van der Waals surface area (Å²) in [4.78, 5) is 12.9. The largest absolute Gasteiger partial charge is 0.405 e. The molecular formula is C7H5BrN3O2+.